The van der Waals surface area contributed by atoms with Crippen LogP contribution in [0.2, 0.25) is 0 Å². The number of amides is 1. The number of carbonyl (C=O) groups excluding carboxylic acids is 1. The largest absolute Gasteiger partial charge is 0.272 e. The van der Waals surface area contributed by atoms with Gasteiger partial charge in [0.1, 0.15) is 0 Å². The fourth-order valence-corrected chi connectivity index (χ4v) is 5.42. The zero-order valence-corrected chi connectivity index (χ0v) is 19.4. The molecule has 0 spiro atoms. The Kier molecular flexibility index (Phi) is 6.43. The molecule has 0 fully saturated rings. The summed E-state index contributed by atoms with van der Waals surface area (Å²) in [7, 11) is -4.17. The number of hydrogen-bond acceptors (Lipinski definition) is 3. The van der Waals surface area contributed by atoms with Gasteiger partial charge in [0.05, 0.1) is 16.5 Å². The third kappa shape index (κ3) is 4.45. The lowest BCUT2D eigenvalue weighted by Gasteiger charge is -2.29. The van der Waals surface area contributed by atoms with Crippen molar-refractivity contribution in [1.29, 1.82) is 0 Å². The van der Waals surface area contributed by atoms with Crippen LogP contribution in [0.5, 0.6) is 0 Å². The van der Waals surface area contributed by atoms with E-state index in [2.05, 4.69) is 0 Å². The van der Waals surface area contributed by atoms with Crippen molar-refractivity contribution in [1.82, 2.24) is 0 Å². The predicted octanol–water partition coefficient (Wildman–Crippen LogP) is 5.86. The van der Waals surface area contributed by atoms with Crippen LogP contribution in [-0.4, -0.2) is 14.3 Å². The Labute approximate surface area is 195 Å². The van der Waals surface area contributed by atoms with Crippen molar-refractivity contribution in [2.45, 2.75) is 24.7 Å². The lowest BCUT2D eigenvalue weighted by Crippen LogP contribution is -2.41. The minimum absolute atomic E-state index is 0.0686. The number of hydrogen-bond donors (Lipinski definition) is 0. The molecule has 166 valence electrons. The van der Waals surface area contributed by atoms with E-state index in [0.29, 0.717) is 5.69 Å². The Balaban J connectivity index is 1.96. The molecule has 0 atom stereocenters. The molecule has 5 heteroatoms. The van der Waals surface area contributed by atoms with Crippen LogP contribution in [0.15, 0.2) is 114 Å². The predicted molar refractivity (Wildman–Crippen MR) is 132 cm³/mol. The minimum Gasteiger partial charge on any atom is -0.272 e. The van der Waals surface area contributed by atoms with Crippen molar-refractivity contribution in [2.24, 2.45) is 0 Å². The smallest absolute Gasteiger partial charge is 0.270 e. The molecule has 0 heterocycles. The highest BCUT2D eigenvalue weighted by Gasteiger charge is 2.37. The number of rotatable bonds is 6. The van der Waals surface area contributed by atoms with Gasteiger partial charge in [-0.2, -0.15) is 0 Å². The first-order chi connectivity index (χ1) is 15.9. The van der Waals surface area contributed by atoms with E-state index >= 15 is 0 Å². The summed E-state index contributed by atoms with van der Waals surface area (Å²) in [6.07, 6.45) is 0. The lowest BCUT2D eigenvalue weighted by atomic mass is 9.90. The molecule has 0 N–H and O–H groups in total. The molecular formula is C28H25NO3S. The fraction of sp³-hybridized carbons (Fsp3) is 0.107. The summed E-state index contributed by atoms with van der Waals surface area (Å²) in [5, 5.41) is 0. The molecule has 0 aliphatic rings. The second-order valence-corrected chi connectivity index (χ2v) is 9.68. The fourth-order valence-electron chi connectivity index (χ4n) is 3.91. The third-order valence-electron chi connectivity index (χ3n) is 5.79. The molecule has 0 radical (unpaired) electrons. The normalized spacial score (nSPS) is 11.4. The molecule has 1 amide bonds. The zero-order valence-electron chi connectivity index (χ0n) is 18.5. The summed E-state index contributed by atoms with van der Waals surface area (Å²) < 4.78 is 28.8. The molecule has 0 aromatic heterocycles. The van der Waals surface area contributed by atoms with Crippen LogP contribution in [0, 0.1) is 13.8 Å². The van der Waals surface area contributed by atoms with E-state index < -0.39 is 21.8 Å². The molecule has 33 heavy (non-hydrogen) atoms. The van der Waals surface area contributed by atoms with Crippen LogP contribution in [0.4, 0.5) is 5.69 Å². The maximum atomic E-state index is 14.3. The van der Waals surface area contributed by atoms with E-state index in [1.165, 1.54) is 12.1 Å². The van der Waals surface area contributed by atoms with Gasteiger partial charge in [-0.3, -0.25) is 4.79 Å². The Bertz CT molecular complexity index is 1310. The van der Waals surface area contributed by atoms with Crippen molar-refractivity contribution >= 4 is 21.6 Å². The van der Waals surface area contributed by atoms with Crippen molar-refractivity contribution in [3.05, 3.63) is 131 Å². The first-order valence-electron chi connectivity index (χ1n) is 10.7. The Hall–Kier alpha value is -3.70. The monoisotopic (exact) mass is 455 g/mol. The van der Waals surface area contributed by atoms with E-state index in [4.69, 9.17) is 0 Å². The van der Waals surface area contributed by atoms with E-state index in [0.717, 1.165) is 26.6 Å². The number of carbonyl (C=O) groups is 1. The van der Waals surface area contributed by atoms with Gasteiger partial charge in [-0.05, 0) is 54.3 Å². The van der Waals surface area contributed by atoms with Gasteiger partial charge in [-0.25, -0.2) is 12.7 Å². The van der Waals surface area contributed by atoms with Gasteiger partial charge in [-0.1, -0.05) is 91.0 Å². The molecule has 0 bridgehead atoms. The minimum atomic E-state index is -4.17. The first-order valence-corrected chi connectivity index (χ1v) is 12.2. The number of nitrogens with zero attached hydrogens (tertiary/aromatic N) is 1. The number of anilines is 1. The quantitative estimate of drug-likeness (QED) is 0.366. The van der Waals surface area contributed by atoms with E-state index in [9.17, 15) is 13.2 Å². The first kappa shape index (κ1) is 22.5. The summed E-state index contributed by atoms with van der Waals surface area (Å²) in [4.78, 5) is 14.3. The highest BCUT2D eigenvalue weighted by Crippen LogP contribution is 2.35. The lowest BCUT2D eigenvalue weighted by molar-refractivity contribution is -0.118. The molecule has 4 aromatic carbocycles. The van der Waals surface area contributed by atoms with Gasteiger partial charge in [0.15, 0.2) is 0 Å². The second kappa shape index (κ2) is 9.43. The summed E-state index contributed by atoms with van der Waals surface area (Å²) >= 11 is 0. The zero-order chi connectivity index (χ0) is 23.4. The molecule has 4 nitrogen and oxygen atoms in total. The van der Waals surface area contributed by atoms with Crippen LogP contribution in [0.1, 0.15) is 28.2 Å². The van der Waals surface area contributed by atoms with Gasteiger partial charge in [-0.15, -0.1) is 0 Å². The second-order valence-electron chi connectivity index (χ2n) is 7.89. The van der Waals surface area contributed by atoms with Crippen LogP contribution < -0.4 is 4.31 Å². The van der Waals surface area contributed by atoms with Crippen molar-refractivity contribution < 1.29 is 13.2 Å². The van der Waals surface area contributed by atoms with Gasteiger partial charge in [0, 0.05) is 0 Å². The van der Waals surface area contributed by atoms with Crippen molar-refractivity contribution in [3.63, 3.8) is 0 Å². The van der Waals surface area contributed by atoms with Gasteiger partial charge in [0.25, 0.3) is 15.9 Å². The summed E-state index contributed by atoms with van der Waals surface area (Å²) in [6, 6.07) is 32.0. The molecule has 4 aromatic rings. The summed E-state index contributed by atoms with van der Waals surface area (Å²) in [5.74, 6) is -1.31. The number of benzene rings is 4. The average molecular weight is 456 g/mol. The molecule has 0 unspecified atom stereocenters. The molecule has 0 aliphatic heterocycles. The standard InChI is InChI=1S/C28H25NO3S/c1-21-13-12-20-26(22(21)2)29(33(31,32)25-18-10-5-11-19-25)28(30)27(23-14-6-3-7-15-23)24-16-8-4-9-17-24/h3-20,27H,1-2H3. The molecule has 0 aliphatic carbocycles. The Morgan fingerprint density at radius 1 is 0.667 bits per heavy atom. The SMILES string of the molecule is Cc1cccc(N(C(=O)C(c2ccccc2)c2ccccc2)S(=O)(=O)c2ccccc2)c1C. The maximum Gasteiger partial charge on any atom is 0.270 e. The topological polar surface area (TPSA) is 54.5 Å². The van der Waals surface area contributed by atoms with Crippen LogP contribution >= 0.6 is 0 Å². The summed E-state index contributed by atoms with van der Waals surface area (Å²) in [6.45, 7) is 3.74. The summed E-state index contributed by atoms with van der Waals surface area (Å²) in [5.41, 5.74) is 3.47. The van der Waals surface area contributed by atoms with Crippen LogP contribution in [0.3, 0.4) is 0 Å². The number of aryl methyl sites for hydroxylation is 1. The van der Waals surface area contributed by atoms with E-state index in [1.807, 2.05) is 80.6 Å². The highest BCUT2D eigenvalue weighted by molar-refractivity contribution is 7.93. The molecule has 4 rings (SSSR count). The molecular weight excluding hydrogens is 430 g/mol. The molecule has 0 saturated heterocycles. The van der Waals surface area contributed by atoms with Gasteiger partial charge >= 0.3 is 0 Å². The highest BCUT2D eigenvalue weighted by atomic mass is 32.2. The molecule has 0 saturated carbocycles. The van der Waals surface area contributed by atoms with Gasteiger partial charge in [0.2, 0.25) is 0 Å². The third-order valence-corrected chi connectivity index (χ3v) is 7.51. The Morgan fingerprint density at radius 2 is 1.15 bits per heavy atom. The van der Waals surface area contributed by atoms with Crippen LogP contribution in [-0.2, 0) is 14.8 Å². The number of sulfonamides is 1. The van der Waals surface area contributed by atoms with Crippen LogP contribution in [0.25, 0.3) is 0 Å². The maximum absolute atomic E-state index is 14.3. The Morgan fingerprint density at radius 3 is 1.67 bits per heavy atom. The van der Waals surface area contributed by atoms with Crippen molar-refractivity contribution in [2.75, 3.05) is 4.31 Å². The van der Waals surface area contributed by atoms with Gasteiger partial charge < -0.3 is 0 Å². The average Bonchev–Trinajstić information content (AvgIpc) is 2.84. The van der Waals surface area contributed by atoms with E-state index in [1.54, 1.807) is 30.3 Å². The van der Waals surface area contributed by atoms with Crippen molar-refractivity contribution in [3.8, 4) is 0 Å². The van der Waals surface area contributed by atoms with E-state index in [-0.39, 0.29) is 4.90 Å².